The number of carbonyl (C=O) groups is 1. The fraction of sp³-hybridized carbons (Fsp3) is 0.500. The van der Waals surface area contributed by atoms with E-state index in [-0.39, 0.29) is 5.78 Å². The van der Waals surface area contributed by atoms with E-state index in [4.69, 9.17) is 11.6 Å². The molecule has 0 heterocycles. The molecule has 0 aliphatic carbocycles. The van der Waals surface area contributed by atoms with Gasteiger partial charge in [0.15, 0.2) is 0 Å². The van der Waals surface area contributed by atoms with Crippen molar-refractivity contribution >= 4 is 17.4 Å². The molecule has 0 spiro atoms. The number of ketones is 1. The van der Waals surface area contributed by atoms with Crippen LogP contribution >= 0.6 is 11.6 Å². The first-order valence-electron chi connectivity index (χ1n) is 2.52. The minimum Gasteiger partial charge on any atom is -0.300 e. The van der Waals surface area contributed by atoms with E-state index in [2.05, 4.69) is 0 Å². The number of allylic oxidation sites excluding steroid dienone is 1. The Kier molecular flexibility index (Phi) is 4.67. The average molecular weight is 133 g/mol. The summed E-state index contributed by atoms with van der Waals surface area (Å²) < 4.78 is 0. The van der Waals surface area contributed by atoms with Crippen LogP contribution in [0.15, 0.2) is 11.6 Å². The highest BCUT2D eigenvalue weighted by atomic mass is 35.5. The zero-order valence-electron chi connectivity index (χ0n) is 4.86. The van der Waals surface area contributed by atoms with Gasteiger partial charge in [-0.3, -0.25) is 0 Å². The lowest BCUT2D eigenvalue weighted by molar-refractivity contribution is -0.116. The molecule has 46 valence electrons. The summed E-state index contributed by atoms with van der Waals surface area (Å²) in [6.45, 7) is 1.57. The Morgan fingerprint density at radius 1 is 1.75 bits per heavy atom. The lowest BCUT2D eigenvalue weighted by Crippen LogP contribution is -1.85. The van der Waals surface area contributed by atoms with Gasteiger partial charge in [0.25, 0.3) is 0 Å². The first-order chi connectivity index (χ1) is 3.77. The molecule has 0 unspecified atom stereocenters. The number of hydrogen-bond acceptors (Lipinski definition) is 1. The lowest BCUT2D eigenvalue weighted by Gasteiger charge is -1.83. The molecule has 0 saturated carbocycles. The molecule has 0 aliphatic rings. The van der Waals surface area contributed by atoms with Gasteiger partial charge >= 0.3 is 0 Å². The summed E-state index contributed by atoms with van der Waals surface area (Å²) in [6.07, 6.45) is 3.13. The predicted molar refractivity (Wildman–Crippen MR) is 34.9 cm³/mol. The van der Waals surface area contributed by atoms with E-state index in [1.807, 2.05) is 0 Å². The van der Waals surface area contributed by atoms with Crippen molar-refractivity contribution in [2.45, 2.75) is 19.8 Å². The largest absolute Gasteiger partial charge is 0.300 e. The van der Waals surface area contributed by atoms with Crippen LogP contribution in [0.4, 0.5) is 0 Å². The summed E-state index contributed by atoms with van der Waals surface area (Å²) in [5, 5.41) is 0. The molecule has 0 rings (SSSR count). The van der Waals surface area contributed by atoms with Crippen LogP contribution in [0.25, 0.3) is 0 Å². The van der Waals surface area contributed by atoms with Crippen LogP contribution in [0.1, 0.15) is 19.8 Å². The Balaban J connectivity index is 3.05. The minimum absolute atomic E-state index is 0.208. The van der Waals surface area contributed by atoms with Gasteiger partial charge in [-0.25, -0.2) is 0 Å². The van der Waals surface area contributed by atoms with Crippen molar-refractivity contribution in [3.8, 4) is 0 Å². The molecule has 0 aromatic heterocycles. The molecular formula is C6H9ClO. The van der Waals surface area contributed by atoms with Crippen molar-refractivity contribution in [3.05, 3.63) is 11.6 Å². The van der Waals surface area contributed by atoms with Gasteiger partial charge in [0.1, 0.15) is 5.78 Å². The molecule has 0 saturated heterocycles. The molecule has 0 aromatic carbocycles. The maximum Gasteiger partial charge on any atom is 0.130 e. The van der Waals surface area contributed by atoms with E-state index in [9.17, 15) is 4.79 Å². The molecule has 0 radical (unpaired) electrons. The van der Waals surface area contributed by atoms with Crippen LogP contribution < -0.4 is 0 Å². The highest BCUT2D eigenvalue weighted by Gasteiger charge is 1.86. The molecule has 0 fully saturated rings. The normalized spacial score (nSPS) is 10.2. The zero-order chi connectivity index (χ0) is 6.41. The van der Waals surface area contributed by atoms with Gasteiger partial charge in [-0.2, -0.15) is 0 Å². The highest BCUT2D eigenvalue weighted by molar-refractivity contribution is 6.25. The summed E-state index contributed by atoms with van der Waals surface area (Å²) in [4.78, 5) is 10.2. The number of rotatable bonds is 3. The number of Topliss-reactive ketones (excluding diaryl/α,β-unsaturated/α-hetero) is 1. The molecule has 0 aliphatic heterocycles. The van der Waals surface area contributed by atoms with Crippen molar-refractivity contribution in [3.63, 3.8) is 0 Å². The fourth-order valence-electron chi connectivity index (χ4n) is 0.350. The highest BCUT2D eigenvalue weighted by Crippen LogP contribution is 1.92. The van der Waals surface area contributed by atoms with E-state index in [0.29, 0.717) is 6.42 Å². The molecule has 1 nitrogen and oxygen atoms in total. The smallest absolute Gasteiger partial charge is 0.130 e. The van der Waals surface area contributed by atoms with Crippen LogP contribution in [0.3, 0.4) is 0 Å². The molecule has 0 aromatic rings. The second-order valence-electron chi connectivity index (χ2n) is 1.60. The third-order valence-electron chi connectivity index (χ3n) is 0.752. The zero-order valence-corrected chi connectivity index (χ0v) is 5.61. The number of halogens is 1. The first-order valence-corrected chi connectivity index (χ1v) is 2.95. The summed E-state index contributed by atoms with van der Waals surface area (Å²) in [7, 11) is 0. The Labute approximate surface area is 54.3 Å². The Morgan fingerprint density at radius 3 is 2.75 bits per heavy atom. The SMILES string of the molecule is CC(=O)CC/C=C\Cl. The van der Waals surface area contributed by atoms with Crippen LogP contribution in [-0.2, 0) is 4.79 Å². The van der Waals surface area contributed by atoms with Crippen molar-refractivity contribution in [1.82, 2.24) is 0 Å². The van der Waals surface area contributed by atoms with E-state index in [1.165, 1.54) is 5.54 Å². The van der Waals surface area contributed by atoms with Gasteiger partial charge in [-0.1, -0.05) is 17.7 Å². The van der Waals surface area contributed by atoms with Gasteiger partial charge in [0.05, 0.1) is 0 Å². The standard InChI is InChI=1S/C6H9ClO/c1-6(8)4-2-3-5-7/h3,5H,2,4H2,1H3/b5-3-. The maximum absolute atomic E-state index is 10.2. The van der Waals surface area contributed by atoms with Gasteiger partial charge in [0.2, 0.25) is 0 Å². The molecule has 0 N–H and O–H groups in total. The molecular weight excluding hydrogens is 124 g/mol. The van der Waals surface area contributed by atoms with Gasteiger partial charge in [-0.05, 0) is 13.3 Å². The Morgan fingerprint density at radius 2 is 2.38 bits per heavy atom. The Hall–Kier alpha value is -0.300. The van der Waals surface area contributed by atoms with E-state index >= 15 is 0 Å². The van der Waals surface area contributed by atoms with Crippen molar-refractivity contribution < 1.29 is 4.79 Å². The quantitative estimate of drug-likeness (QED) is 0.575. The van der Waals surface area contributed by atoms with Crippen LogP contribution in [0, 0.1) is 0 Å². The van der Waals surface area contributed by atoms with E-state index in [1.54, 1.807) is 13.0 Å². The second kappa shape index (κ2) is 4.85. The van der Waals surface area contributed by atoms with Gasteiger partial charge < -0.3 is 4.79 Å². The van der Waals surface area contributed by atoms with Crippen LogP contribution in [-0.4, -0.2) is 5.78 Å². The van der Waals surface area contributed by atoms with Crippen LogP contribution in [0.2, 0.25) is 0 Å². The van der Waals surface area contributed by atoms with Crippen LogP contribution in [0.5, 0.6) is 0 Å². The maximum atomic E-state index is 10.2. The number of carbonyl (C=O) groups excluding carboxylic acids is 1. The average Bonchev–Trinajstić information content (AvgIpc) is 1.66. The first kappa shape index (κ1) is 7.70. The fourth-order valence-corrected chi connectivity index (χ4v) is 0.476. The van der Waals surface area contributed by atoms with E-state index < -0.39 is 0 Å². The Bertz CT molecular complexity index is 96.7. The van der Waals surface area contributed by atoms with Gasteiger partial charge in [0, 0.05) is 12.0 Å². The topological polar surface area (TPSA) is 17.1 Å². The summed E-state index contributed by atoms with van der Waals surface area (Å²) in [6, 6.07) is 0. The monoisotopic (exact) mass is 132 g/mol. The second-order valence-corrected chi connectivity index (χ2v) is 1.85. The molecule has 8 heavy (non-hydrogen) atoms. The van der Waals surface area contributed by atoms with E-state index in [0.717, 1.165) is 6.42 Å². The lowest BCUT2D eigenvalue weighted by atomic mass is 10.2. The molecule has 2 heteroatoms. The predicted octanol–water partition coefficient (Wildman–Crippen LogP) is 2.11. The molecule has 0 bridgehead atoms. The third kappa shape index (κ3) is 5.70. The van der Waals surface area contributed by atoms with Gasteiger partial charge in [-0.15, -0.1) is 0 Å². The summed E-state index contributed by atoms with van der Waals surface area (Å²) in [5.41, 5.74) is 1.43. The minimum atomic E-state index is 0.208. The summed E-state index contributed by atoms with van der Waals surface area (Å²) >= 11 is 5.19. The summed E-state index contributed by atoms with van der Waals surface area (Å²) in [5.74, 6) is 0.208. The molecule has 0 amide bonds. The third-order valence-corrected chi connectivity index (χ3v) is 0.930. The van der Waals surface area contributed by atoms with Crippen molar-refractivity contribution in [2.75, 3.05) is 0 Å². The number of hydrogen-bond donors (Lipinski definition) is 0. The molecule has 0 atom stereocenters. The van der Waals surface area contributed by atoms with Crippen molar-refractivity contribution in [1.29, 1.82) is 0 Å². The van der Waals surface area contributed by atoms with Crippen molar-refractivity contribution in [2.24, 2.45) is 0 Å².